The second-order valence-corrected chi connectivity index (χ2v) is 4.08. The Kier molecular flexibility index (Phi) is 4.38. The zero-order valence-electron chi connectivity index (χ0n) is 5.81. The standard InChI is InChI=1S/C6H14OS/c1-4-8(7)5-6(2)3/h6H,4-5H2,1-3H3/t8-/m0/s1. The van der Waals surface area contributed by atoms with Crippen molar-refractivity contribution >= 4 is 11.2 Å². The second-order valence-electron chi connectivity index (χ2n) is 2.29. The molecule has 0 unspecified atom stereocenters. The van der Waals surface area contributed by atoms with Crippen molar-refractivity contribution in [3.8, 4) is 0 Å². The van der Waals surface area contributed by atoms with Gasteiger partial charge in [-0.05, 0) is 12.8 Å². The third-order valence-corrected chi connectivity index (χ3v) is 2.52. The van der Waals surface area contributed by atoms with Crippen molar-refractivity contribution in [2.45, 2.75) is 20.8 Å². The maximum absolute atomic E-state index is 10.7. The zero-order chi connectivity index (χ0) is 6.57. The van der Waals surface area contributed by atoms with E-state index in [1.807, 2.05) is 6.92 Å². The van der Waals surface area contributed by atoms with Crippen LogP contribution in [-0.2, 0) is 11.2 Å². The SMILES string of the molecule is CC[S@+]([O-])CC(C)C. The summed E-state index contributed by atoms with van der Waals surface area (Å²) in [5, 5.41) is 0. The lowest BCUT2D eigenvalue weighted by atomic mass is 10.3. The Morgan fingerprint density at radius 2 is 2.00 bits per heavy atom. The van der Waals surface area contributed by atoms with E-state index < -0.39 is 11.2 Å². The van der Waals surface area contributed by atoms with Crippen LogP contribution in [-0.4, -0.2) is 16.1 Å². The van der Waals surface area contributed by atoms with E-state index in [9.17, 15) is 4.55 Å². The van der Waals surface area contributed by atoms with Crippen molar-refractivity contribution in [3.63, 3.8) is 0 Å². The van der Waals surface area contributed by atoms with Crippen LogP contribution < -0.4 is 0 Å². The van der Waals surface area contributed by atoms with Gasteiger partial charge >= 0.3 is 0 Å². The molecule has 0 rings (SSSR count). The molecule has 0 aliphatic rings. The molecule has 0 aliphatic heterocycles. The van der Waals surface area contributed by atoms with Crippen molar-refractivity contribution in [1.82, 2.24) is 0 Å². The highest BCUT2D eigenvalue weighted by molar-refractivity contribution is 7.91. The summed E-state index contributed by atoms with van der Waals surface area (Å²) in [4.78, 5) is 0. The molecule has 2 heteroatoms. The first-order chi connectivity index (χ1) is 3.66. The van der Waals surface area contributed by atoms with Crippen LogP contribution in [0.1, 0.15) is 20.8 Å². The smallest absolute Gasteiger partial charge is 0.107 e. The first-order valence-electron chi connectivity index (χ1n) is 3.01. The molecule has 0 aromatic carbocycles. The lowest BCUT2D eigenvalue weighted by Gasteiger charge is -2.09. The lowest BCUT2D eigenvalue weighted by molar-refractivity contribution is 0.582. The molecule has 0 amide bonds. The Morgan fingerprint density at radius 3 is 2.12 bits per heavy atom. The third kappa shape index (κ3) is 4.47. The Labute approximate surface area is 54.7 Å². The molecule has 0 N–H and O–H groups in total. The lowest BCUT2D eigenvalue weighted by Crippen LogP contribution is -2.13. The van der Waals surface area contributed by atoms with Gasteiger partial charge in [-0.25, -0.2) is 0 Å². The molecule has 50 valence electrons. The molecule has 1 nitrogen and oxygen atoms in total. The van der Waals surface area contributed by atoms with Crippen molar-refractivity contribution < 1.29 is 4.55 Å². The highest BCUT2D eigenvalue weighted by Gasteiger charge is 2.03. The number of rotatable bonds is 3. The van der Waals surface area contributed by atoms with Crippen LogP contribution in [0.3, 0.4) is 0 Å². The fraction of sp³-hybridized carbons (Fsp3) is 1.00. The molecule has 8 heavy (non-hydrogen) atoms. The van der Waals surface area contributed by atoms with Crippen molar-refractivity contribution in [2.24, 2.45) is 5.92 Å². The van der Waals surface area contributed by atoms with E-state index in [4.69, 9.17) is 0 Å². The monoisotopic (exact) mass is 134 g/mol. The average Bonchev–Trinajstić information content (AvgIpc) is 1.65. The first-order valence-corrected chi connectivity index (χ1v) is 4.50. The summed E-state index contributed by atoms with van der Waals surface area (Å²) in [5.74, 6) is 2.24. The van der Waals surface area contributed by atoms with Gasteiger partial charge in [0.1, 0.15) is 11.5 Å². The van der Waals surface area contributed by atoms with Crippen molar-refractivity contribution in [3.05, 3.63) is 0 Å². The van der Waals surface area contributed by atoms with Gasteiger partial charge in [-0.15, -0.1) is 0 Å². The fourth-order valence-corrected chi connectivity index (χ4v) is 1.47. The molecule has 0 fully saturated rings. The van der Waals surface area contributed by atoms with E-state index in [1.165, 1.54) is 0 Å². The van der Waals surface area contributed by atoms with Gasteiger partial charge < -0.3 is 4.55 Å². The minimum atomic E-state index is -0.557. The predicted molar refractivity (Wildman–Crippen MR) is 38.4 cm³/mol. The Bertz CT molecular complexity index is 54.5. The van der Waals surface area contributed by atoms with E-state index in [0.29, 0.717) is 5.92 Å². The topological polar surface area (TPSA) is 23.1 Å². The number of hydrogen-bond acceptors (Lipinski definition) is 1. The molecule has 0 bridgehead atoms. The van der Waals surface area contributed by atoms with Gasteiger partial charge in [0.05, 0.1) is 0 Å². The normalized spacial score (nSPS) is 14.6. The summed E-state index contributed by atoms with van der Waals surface area (Å²) < 4.78 is 10.7. The van der Waals surface area contributed by atoms with E-state index in [2.05, 4.69) is 13.8 Å². The molecule has 0 aromatic heterocycles. The Balaban J connectivity index is 3.10. The fourth-order valence-electron chi connectivity index (χ4n) is 0.490. The largest absolute Gasteiger partial charge is 0.616 e. The predicted octanol–water partition coefficient (Wildman–Crippen LogP) is 1.41. The molecule has 0 spiro atoms. The molecule has 0 saturated carbocycles. The van der Waals surface area contributed by atoms with E-state index in [0.717, 1.165) is 11.5 Å². The summed E-state index contributed by atoms with van der Waals surface area (Å²) in [6, 6.07) is 0. The van der Waals surface area contributed by atoms with E-state index in [1.54, 1.807) is 0 Å². The summed E-state index contributed by atoms with van der Waals surface area (Å²) in [6.45, 7) is 6.14. The van der Waals surface area contributed by atoms with Gasteiger partial charge in [0.25, 0.3) is 0 Å². The van der Waals surface area contributed by atoms with Gasteiger partial charge in [0.15, 0.2) is 0 Å². The van der Waals surface area contributed by atoms with Gasteiger partial charge in [-0.3, -0.25) is 0 Å². The molecule has 0 saturated heterocycles. The minimum Gasteiger partial charge on any atom is -0.616 e. The summed E-state index contributed by atoms with van der Waals surface area (Å²) >= 11 is -0.557. The quantitative estimate of drug-likeness (QED) is 0.535. The number of hydrogen-bond donors (Lipinski definition) is 0. The van der Waals surface area contributed by atoms with E-state index >= 15 is 0 Å². The van der Waals surface area contributed by atoms with Crippen LogP contribution >= 0.6 is 0 Å². The minimum absolute atomic E-state index is 0.557. The summed E-state index contributed by atoms with van der Waals surface area (Å²) in [7, 11) is 0. The van der Waals surface area contributed by atoms with Crippen LogP contribution in [0.2, 0.25) is 0 Å². The molecule has 0 heterocycles. The van der Waals surface area contributed by atoms with Crippen molar-refractivity contribution in [2.75, 3.05) is 11.5 Å². The molecule has 0 radical (unpaired) electrons. The summed E-state index contributed by atoms with van der Waals surface area (Å²) in [6.07, 6.45) is 0. The maximum Gasteiger partial charge on any atom is 0.107 e. The van der Waals surface area contributed by atoms with Crippen LogP contribution in [0.5, 0.6) is 0 Å². The van der Waals surface area contributed by atoms with Crippen LogP contribution in [0.25, 0.3) is 0 Å². The molecular formula is C6H14OS. The third-order valence-electron chi connectivity index (χ3n) is 0.841. The highest BCUT2D eigenvalue weighted by atomic mass is 32.2. The zero-order valence-corrected chi connectivity index (χ0v) is 6.62. The van der Waals surface area contributed by atoms with Gasteiger partial charge in [-0.2, -0.15) is 0 Å². The van der Waals surface area contributed by atoms with Crippen LogP contribution in [0.15, 0.2) is 0 Å². The maximum atomic E-state index is 10.7. The van der Waals surface area contributed by atoms with E-state index in [-0.39, 0.29) is 0 Å². The average molecular weight is 134 g/mol. The summed E-state index contributed by atoms with van der Waals surface area (Å²) in [5.41, 5.74) is 0. The van der Waals surface area contributed by atoms with Gasteiger partial charge in [-0.1, -0.05) is 25.0 Å². The molecule has 1 atom stereocenters. The molecule has 0 aromatic rings. The van der Waals surface area contributed by atoms with Crippen LogP contribution in [0.4, 0.5) is 0 Å². The molecule has 0 aliphatic carbocycles. The van der Waals surface area contributed by atoms with Crippen molar-refractivity contribution in [1.29, 1.82) is 0 Å². The second kappa shape index (κ2) is 4.21. The molecular weight excluding hydrogens is 120 g/mol. The Morgan fingerprint density at radius 1 is 1.50 bits per heavy atom. The first kappa shape index (κ1) is 8.31. The van der Waals surface area contributed by atoms with Gasteiger partial charge in [0, 0.05) is 0 Å². The Hall–Kier alpha value is 0.310. The highest BCUT2D eigenvalue weighted by Crippen LogP contribution is 1.98. The van der Waals surface area contributed by atoms with Gasteiger partial charge in [0.2, 0.25) is 0 Å². The van der Waals surface area contributed by atoms with Crippen LogP contribution in [0, 0.1) is 5.92 Å².